The van der Waals surface area contributed by atoms with Crippen LogP contribution in [0.3, 0.4) is 0 Å². The van der Waals surface area contributed by atoms with Crippen LogP contribution < -0.4 is 0 Å². The zero-order valence-corrected chi connectivity index (χ0v) is 13.3. The van der Waals surface area contributed by atoms with Gasteiger partial charge < -0.3 is 14.7 Å². The summed E-state index contributed by atoms with van der Waals surface area (Å²) >= 11 is 0. The number of carbonyl (C=O) groups is 2. The fourth-order valence-corrected chi connectivity index (χ4v) is 2.97. The van der Waals surface area contributed by atoms with Gasteiger partial charge in [0, 0.05) is 37.7 Å². The number of piperidine rings is 1. The summed E-state index contributed by atoms with van der Waals surface area (Å²) in [5.41, 5.74) is 0.801. The summed E-state index contributed by atoms with van der Waals surface area (Å²) in [5, 5.41) is 8.78. The maximum Gasteiger partial charge on any atom is 0.303 e. The van der Waals surface area contributed by atoms with Crippen molar-refractivity contribution < 1.29 is 23.8 Å². The third-order valence-corrected chi connectivity index (χ3v) is 4.17. The van der Waals surface area contributed by atoms with Crippen LogP contribution in [0, 0.1) is 11.7 Å². The molecule has 1 atom stereocenters. The maximum absolute atomic E-state index is 13.6. The number of likely N-dealkylation sites (tertiary alicyclic amines) is 1. The Kier molecular flexibility index (Phi) is 6.10. The Labute approximate surface area is 135 Å². The first-order valence-electron chi connectivity index (χ1n) is 7.79. The van der Waals surface area contributed by atoms with E-state index in [0.29, 0.717) is 30.6 Å². The van der Waals surface area contributed by atoms with E-state index in [1.165, 1.54) is 25.3 Å². The normalized spacial score (nSPS) is 18.0. The number of benzene rings is 1. The number of nitrogens with zero attached hydrogens (tertiary/aromatic N) is 1. The van der Waals surface area contributed by atoms with E-state index in [0.717, 1.165) is 12.8 Å². The smallest absolute Gasteiger partial charge is 0.303 e. The molecule has 1 saturated heterocycles. The van der Waals surface area contributed by atoms with E-state index in [-0.39, 0.29) is 30.7 Å². The fraction of sp³-hybridized carbons (Fsp3) is 0.529. The molecule has 6 heteroatoms. The fourth-order valence-electron chi connectivity index (χ4n) is 2.97. The van der Waals surface area contributed by atoms with Crippen molar-refractivity contribution in [3.63, 3.8) is 0 Å². The number of rotatable bonds is 6. The molecular weight excluding hydrogens is 301 g/mol. The number of ether oxygens (including phenoxy) is 1. The van der Waals surface area contributed by atoms with Gasteiger partial charge >= 0.3 is 5.97 Å². The van der Waals surface area contributed by atoms with Crippen molar-refractivity contribution in [2.75, 3.05) is 20.2 Å². The lowest BCUT2D eigenvalue weighted by Crippen LogP contribution is -2.40. The second kappa shape index (κ2) is 8.06. The van der Waals surface area contributed by atoms with Crippen LogP contribution in [0.4, 0.5) is 4.39 Å². The minimum atomic E-state index is -0.809. The van der Waals surface area contributed by atoms with Crippen LogP contribution in [0.5, 0.6) is 0 Å². The Hall–Kier alpha value is -1.95. The van der Waals surface area contributed by atoms with E-state index in [4.69, 9.17) is 9.84 Å². The summed E-state index contributed by atoms with van der Waals surface area (Å²) in [7, 11) is 1.48. The lowest BCUT2D eigenvalue weighted by Gasteiger charge is -2.32. The number of hydrogen-bond donors (Lipinski definition) is 1. The van der Waals surface area contributed by atoms with Crippen molar-refractivity contribution in [1.29, 1.82) is 0 Å². The van der Waals surface area contributed by atoms with E-state index in [1.54, 1.807) is 4.90 Å². The molecule has 0 unspecified atom stereocenters. The molecule has 126 valence electrons. The largest absolute Gasteiger partial charge is 0.481 e. The predicted molar refractivity (Wildman–Crippen MR) is 82.6 cm³/mol. The van der Waals surface area contributed by atoms with Crippen LogP contribution in [-0.2, 0) is 16.1 Å². The second-order valence-electron chi connectivity index (χ2n) is 5.93. The number of carbonyl (C=O) groups excluding carboxylic acids is 1. The zero-order valence-electron chi connectivity index (χ0n) is 13.3. The molecule has 1 N–H and O–H groups in total. The topological polar surface area (TPSA) is 66.8 Å². The van der Waals surface area contributed by atoms with Crippen LogP contribution in [-0.4, -0.2) is 42.1 Å². The molecule has 1 fully saturated rings. The second-order valence-corrected chi connectivity index (χ2v) is 5.93. The number of amides is 1. The van der Waals surface area contributed by atoms with Crippen molar-refractivity contribution >= 4 is 11.9 Å². The Balaban J connectivity index is 2.04. The molecule has 1 aromatic rings. The van der Waals surface area contributed by atoms with Crippen molar-refractivity contribution in [2.24, 2.45) is 5.92 Å². The number of carboxylic acid groups (broad SMARTS) is 1. The quantitative estimate of drug-likeness (QED) is 0.874. The molecule has 2 rings (SSSR count). The van der Waals surface area contributed by atoms with Crippen molar-refractivity contribution in [3.8, 4) is 0 Å². The summed E-state index contributed by atoms with van der Waals surface area (Å²) in [6.45, 7) is 1.33. The molecule has 1 aromatic carbocycles. The lowest BCUT2D eigenvalue weighted by atomic mass is 9.93. The van der Waals surface area contributed by atoms with Crippen LogP contribution in [0.1, 0.15) is 41.6 Å². The van der Waals surface area contributed by atoms with Crippen molar-refractivity contribution in [3.05, 3.63) is 35.1 Å². The van der Waals surface area contributed by atoms with Crippen LogP contribution in [0.15, 0.2) is 18.2 Å². The van der Waals surface area contributed by atoms with Crippen LogP contribution >= 0.6 is 0 Å². The standard InChI is InChI=1S/C17H22FNO4/c1-23-11-14-9-13(5-6-15(14)18)17(22)19-8-2-3-12(10-19)4-7-16(20)21/h5-6,9,12H,2-4,7-8,10-11H2,1H3,(H,20,21)/t12-/m0/s1. The molecule has 0 radical (unpaired) electrons. The van der Waals surface area contributed by atoms with E-state index in [2.05, 4.69) is 0 Å². The Morgan fingerprint density at radius 1 is 1.43 bits per heavy atom. The van der Waals surface area contributed by atoms with Gasteiger partial charge in [-0.05, 0) is 43.4 Å². The minimum absolute atomic E-state index is 0.119. The summed E-state index contributed by atoms with van der Waals surface area (Å²) in [6.07, 6.45) is 2.51. The van der Waals surface area contributed by atoms with E-state index in [9.17, 15) is 14.0 Å². The average molecular weight is 323 g/mol. The van der Waals surface area contributed by atoms with E-state index >= 15 is 0 Å². The minimum Gasteiger partial charge on any atom is -0.481 e. The molecule has 1 aliphatic rings. The molecule has 0 aromatic heterocycles. The SMILES string of the molecule is COCc1cc(C(=O)N2CCC[C@@H](CCC(=O)O)C2)ccc1F. The summed E-state index contributed by atoms with van der Waals surface area (Å²) < 4.78 is 18.6. The van der Waals surface area contributed by atoms with E-state index in [1.807, 2.05) is 0 Å². The predicted octanol–water partition coefficient (Wildman–Crippen LogP) is 2.69. The molecule has 0 spiro atoms. The maximum atomic E-state index is 13.6. The van der Waals surface area contributed by atoms with Crippen LogP contribution in [0.2, 0.25) is 0 Å². The van der Waals surface area contributed by atoms with Gasteiger partial charge in [-0.3, -0.25) is 9.59 Å². The highest BCUT2D eigenvalue weighted by atomic mass is 19.1. The number of carboxylic acids is 1. The molecule has 1 aliphatic heterocycles. The third-order valence-electron chi connectivity index (χ3n) is 4.17. The summed E-state index contributed by atoms with van der Waals surface area (Å²) in [6, 6.07) is 4.30. The Bertz CT molecular complexity index is 576. The Morgan fingerprint density at radius 3 is 2.91 bits per heavy atom. The molecule has 1 heterocycles. The van der Waals surface area contributed by atoms with Crippen molar-refractivity contribution in [1.82, 2.24) is 4.90 Å². The highest BCUT2D eigenvalue weighted by Gasteiger charge is 2.25. The number of halogens is 1. The monoisotopic (exact) mass is 323 g/mol. The number of hydrogen-bond acceptors (Lipinski definition) is 3. The highest BCUT2D eigenvalue weighted by Crippen LogP contribution is 2.23. The van der Waals surface area contributed by atoms with Gasteiger partial charge in [0.25, 0.3) is 5.91 Å². The third kappa shape index (κ3) is 4.76. The van der Waals surface area contributed by atoms with Gasteiger partial charge in [0.15, 0.2) is 0 Å². The zero-order chi connectivity index (χ0) is 16.8. The first-order chi connectivity index (χ1) is 11.0. The molecular formula is C17H22FNO4. The first-order valence-corrected chi connectivity index (χ1v) is 7.79. The van der Waals surface area contributed by atoms with Crippen LogP contribution in [0.25, 0.3) is 0 Å². The van der Waals surface area contributed by atoms with Gasteiger partial charge in [0.05, 0.1) is 6.61 Å². The van der Waals surface area contributed by atoms with Gasteiger partial charge in [-0.15, -0.1) is 0 Å². The van der Waals surface area contributed by atoms with Gasteiger partial charge in [0.1, 0.15) is 5.82 Å². The Morgan fingerprint density at radius 2 is 2.22 bits per heavy atom. The van der Waals surface area contributed by atoms with Gasteiger partial charge in [-0.1, -0.05) is 0 Å². The van der Waals surface area contributed by atoms with Gasteiger partial charge in [-0.25, -0.2) is 4.39 Å². The van der Waals surface area contributed by atoms with E-state index < -0.39 is 5.97 Å². The number of aliphatic carboxylic acids is 1. The van der Waals surface area contributed by atoms with Gasteiger partial charge in [0.2, 0.25) is 0 Å². The first kappa shape index (κ1) is 17.4. The molecule has 0 bridgehead atoms. The average Bonchev–Trinajstić information content (AvgIpc) is 2.55. The summed E-state index contributed by atoms with van der Waals surface area (Å²) in [5.74, 6) is -1.12. The van der Waals surface area contributed by atoms with Crippen molar-refractivity contribution in [2.45, 2.75) is 32.3 Å². The molecule has 1 amide bonds. The molecule has 0 aliphatic carbocycles. The summed E-state index contributed by atoms with van der Waals surface area (Å²) in [4.78, 5) is 25.0. The molecule has 0 saturated carbocycles. The lowest BCUT2D eigenvalue weighted by molar-refractivity contribution is -0.137. The number of methoxy groups -OCH3 is 1. The van der Waals surface area contributed by atoms with Gasteiger partial charge in [-0.2, -0.15) is 0 Å². The highest BCUT2D eigenvalue weighted by molar-refractivity contribution is 5.94. The molecule has 5 nitrogen and oxygen atoms in total. The molecule has 23 heavy (non-hydrogen) atoms.